The first kappa shape index (κ1) is 9.50. The van der Waals surface area contributed by atoms with Crippen LogP contribution in [0.25, 0.3) is 0 Å². The van der Waals surface area contributed by atoms with Crippen LogP contribution in [-0.4, -0.2) is 17.9 Å². The molecule has 0 fully saturated rings. The smallest absolute Gasteiger partial charge is 0.150 e. The topological polar surface area (TPSA) is 18.5 Å². The van der Waals surface area contributed by atoms with Crippen LogP contribution in [0.3, 0.4) is 0 Å². The van der Waals surface area contributed by atoms with Gasteiger partial charge in [-0.25, -0.2) is 0 Å². The van der Waals surface area contributed by atoms with Gasteiger partial charge in [0.25, 0.3) is 0 Å². The van der Waals surface area contributed by atoms with E-state index in [1.165, 1.54) is 0 Å². The van der Waals surface area contributed by atoms with Gasteiger partial charge >= 0.3 is 0 Å². The van der Waals surface area contributed by atoms with Gasteiger partial charge in [-0.1, -0.05) is 23.2 Å². The second-order valence-electron chi connectivity index (χ2n) is 1.54. The van der Waals surface area contributed by atoms with E-state index >= 15 is 0 Å². The molecule has 0 aromatic carbocycles. The Bertz CT molecular complexity index is 58.0. The first-order valence-corrected chi connectivity index (χ1v) is 3.51. The molecule has 2 nitrogen and oxygen atoms in total. The van der Waals surface area contributed by atoms with Gasteiger partial charge in [-0.15, -0.1) is 0 Å². The zero-order chi connectivity index (χ0) is 7.28. The third-order valence-electron chi connectivity index (χ3n) is 0.595. The van der Waals surface area contributed by atoms with E-state index in [1.807, 2.05) is 0 Å². The zero-order valence-electron chi connectivity index (χ0n) is 5.43. The molecule has 0 spiro atoms. The molecule has 0 saturated carbocycles. The third kappa shape index (κ3) is 8.50. The predicted molar refractivity (Wildman–Crippen MR) is 37.7 cm³/mol. The Morgan fingerprint density at radius 3 is 1.67 bits per heavy atom. The lowest BCUT2D eigenvalue weighted by Crippen LogP contribution is -2.08. The maximum absolute atomic E-state index is 5.42. The van der Waals surface area contributed by atoms with Crippen LogP contribution in [0.4, 0.5) is 0 Å². The summed E-state index contributed by atoms with van der Waals surface area (Å²) in [4.78, 5) is 0. The van der Waals surface area contributed by atoms with E-state index in [2.05, 4.69) is 0 Å². The average molecular weight is 173 g/mol. The highest BCUT2D eigenvalue weighted by Gasteiger charge is 1.97. The molecule has 0 heterocycles. The largest absolute Gasteiger partial charge is 0.337 e. The van der Waals surface area contributed by atoms with Gasteiger partial charge in [0.1, 0.15) is 11.1 Å². The van der Waals surface area contributed by atoms with Crippen molar-refractivity contribution >= 4 is 23.2 Å². The highest BCUT2D eigenvalue weighted by Crippen LogP contribution is 1.99. The number of hydrogen-bond acceptors (Lipinski definition) is 2. The zero-order valence-corrected chi connectivity index (χ0v) is 6.95. The molecule has 2 unspecified atom stereocenters. The van der Waals surface area contributed by atoms with Crippen LogP contribution >= 0.6 is 23.2 Å². The fourth-order valence-corrected chi connectivity index (χ4v) is 0.330. The Labute approximate surface area is 65.0 Å². The Balaban J connectivity index is 2.91. The molecule has 0 aliphatic rings. The van der Waals surface area contributed by atoms with E-state index in [9.17, 15) is 0 Å². The number of rotatable bonds is 4. The maximum Gasteiger partial charge on any atom is 0.150 e. The summed E-state index contributed by atoms with van der Waals surface area (Å²) >= 11 is 10.8. The molecule has 0 bridgehead atoms. The van der Waals surface area contributed by atoms with Crippen LogP contribution in [0.1, 0.15) is 13.8 Å². The minimum absolute atomic E-state index is 0.148. The van der Waals surface area contributed by atoms with Crippen molar-refractivity contribution in [2.75, 3.05) is 6.79 Å². The van der Waals surface area contributed by atoms with Crippen molar-refractivity contribution in [3.8, 4) is 0 Å². The minimum Gasteiger partial charge on any atom is -0.337 e. The Morgan fingerprint density at radius 2 is 1.44 bits per heavy atom. The van der Waals surface area contributed by atoms with Crippen LogP contribution in [0, 0.1) is 0 Å². The molecule has 0 radical (unpaired) electrons. The quantitative estimate of drug-likeness (QED) is 0.479. The molecule has 0 aromatic rings. The third-order valence-corrected chi connectivity index (χ3v) is 0.847. The van der Waals surface area contributed by atoms with E-state index in [-0.39, 0.29) is 17.9 Å². The summed E-state index contributed by atoms with van der Waals surface area (Å²) in [5.74, 6) is 0. The van der Waals surface area contributed by atoms with E-state index < -0.39 is 0 Å². The summed E-state index contributed by atoms with van der Waals surface area (Å²) in [6, 6.07) is 0. The lowest BCUT2D eigenvalue weighted by atomic mass is 10.8. The number of hydrogen-bond donors (Lipinski definition) is 0. The Hall–Kier alpha value is 0.500. The summed E-state index contributed by atoms with van der Waals surface area (Å²) in [6.07, 6.45) is 0. The van der Waals surface area contributed by atoms with Crippen LogP contribution in [0.2, 0.25) is 0 Å². The van der Waals surface area contributed by atoms with Crippen molar-refractivity contribution in [1.29, 1.82) is 0 Å². The van der Waals surface area contributed by atoms with Crippen molar-refractivity contribution in [3.63, 3.8) is 0 Å². The predicted octanol–water partition coefficient (Wildman–Crippen LogP) is 2.15. The van der Waals surface area contributed by atoms with E-state index in [0.29, 0.717) is 0 Å². The lowest BCUT2D eigenvalue weighted by Gasteiger charge is -2.07. The molecule has 0 rings (SSSR count). The van der Waals surface area contributed by atoms with Crippen molar-refractivity contribution < 1.29 is 9.47 Å². The average Bonchev–Trinajstić information content (AvgIpc) is 1.63. The first-order valence-electron chi connectivity index (χ1n) is 2.64. The summed E-state index contributed by atoms with van der Waals surface area (Å²) in [5.41, 5.74) is -0.638. The van der Waals surface area contributed by atoms with Gasteiger partial charge in [-0.05, 0) is 13.8 Å². The Kier molecular flexibility index (Phi) is 5.59. The molecular formula is C5H10Cl2O2. The molecule has 0 aliphatic heterocycles. The highest BCUT2D eigenvalue weighted by molar-refractivity contribution is 6.19. The molecule has 0 N–H and O–H groups in total. The lowest BCUT2D eigenvalue weighted by molar-refractivity contribution is -0.0685. The van der Waals surface area contributed by atoms with E-state index in [4.69, 9.17) is 32.7 Å². The molecule has 4 heteroatoms. The molecule has 0 amide bonds. The van der Waals surface area contributed by atoms with Crippen molar-refractivity contribution in [2.45, 2.75) is 25.0 Å². The van der Waals surface area contributed by atoms with Gasteiger partial charge < -0.3 is 9.47 Å². The second kappa shape index (κ2) is 5.30. The van der Waals surface area contributed by atoms with Crippen LogP contribution < -0.4 is 0 Å². The van der Waals surface area contributed by atoms with Crippen LogP contribution in [0.15, 0.2) is 0 Å². The maximum atomic E-state index is 5.42. The van der Waals surface area contributed by atoms with Crippen molar-refractivity contribution in [3.05, 3.63) is 0 Å². The molecular weight excluding hydrogens is 163 g/mol. The van der Waals surface area contributed by atoms with Crippen molar-refractivity contribution in [1.82, 2.24) is 0 Å². The fourth-order valence-electron chi connectivity index (χ4n) is 0.227. The molecule has 0 saturated heterocycles. The molecule has 0 aliphatic carbocycles. The number of ether oxygens (including phenoxy) is 2. The summed E-state index contributed by atoms with van der Waals surface area (Å²) in [7, 11) is 0. The first-order chi connectivity index (χ1) is 4.13. The second-order valence-corrected chi connectivity index (χ2v) is 2.77. The number of alkyl halides is 2. The minimum atomic E-state index is -0.319. The van der Waals surface area contributed by atoms with Gasteiger partial charge in [0.05, 0.1) is 0 Å². The SMILES string of the molecule is CC(Cl)OCOC(C)Cl. The van der Waals surface area contributed by atoms with E-state index in [1.54, 1.807) is 13.8 Å². The molecule has 9 heavy (non-hydrogen) atoms. The molecule has 56 valence electrons. The van der Waals surface area contributed by atoms with E-state index in [0.717, 1.165) is 0 Å². The van der Waals surface area contributed by atoms with Gasteiger partial charge in [0.15, 0.2) is 6.79 Å². The molecule has 0 aromatic heterocycles. The normalized spacial score (nSPS) is 17.3. The summed E-state index contributed by atoms with van der Waals surface area (Å²) in [5, 5.41) is 0. The Morgan fingerprint density at radius 1 is 1.11 bits per heavy atom. The summed E-state index contributed by atoms with van der Waals surface area (Å²) < 4.78 is 9.62. The standard InChI is InChI=1S/C5H10Cl2O2/c1-4(6)8-3-9-5(2)7/h4-5H,3H2,1-2H3. The van der Waals surface area contributed by atoms with Gasteiger partial charge in [0, 0.05) is 0 Å². The van der Waals surface area contributed by atoms with Gasteiger partial charge in [-0.2, -0.15) is 0 Å². The van der Waals surface area contributed by atoms with Crippen LogP contribution in [-0.2, 0) is 9.47 Å². The fraction of sp³-hybridized carbons (Fsp3) is 1.00. The monoisotopic (exact) mass is 172 g/mol. The molecule has 2 atom stereocenters. The summed E-state index contributed by atoms with van der Waals surface area (Å²) in [6.45, 7) is 3.57. The van der Waals surface area contributed by atoms with Crippen LogP contribution in [0.5, 0.6) is 0 Å². The van der Waals surface area contributed by atoms with Crippen molar-refractivity contribution in [2.24, 2.45) is 0 Å². The van der Waals surface area contributed by atoms with Gasteiger partial charge in [-0.3, -0.25) is 0 Å². The van der Waals surface area contributed by atoms with Gasteiger partial charge in [0.2, 0.25) is 0 Å². The number of halogens is 2. The highest BCUT2D eigenvalue weighted by atomic mass is 35.5.